The number of thiazole rings is 1. The maximum atomic E-state index is 13.2. The van der Waals surface area contributed by atoms with E-state index in [9.17, 15) is 17.6 Å². The molecule has 2 aliphatic rings. The van der Waals surface area contributed by atoms with Gasteiger partial charge in [-0.15, -0.1) is 0 Å². The van der Waals surface area contributed by atoms with Crippen LogP contribution in [0, 0.1) is 5.13 Å². The molecule has 10 nitrogen and oxygen atoms in total. The molecule has 2 aromatic rings. The van der Waals surface area contributed by atoms with Crippen LogP contribution in [0.25, 0.3) is 0 Å². The van der Waals surface area contributed by atoms with Crippen molar-refractivity contribution in [3.63, 3.8) is 0 Å². The van der Waals surface area contributed by atoms with Crippen LogP contribution in [0.3, 0.4) is 0 Å². The molecule has 0 saturated carbocycles. The number of ether oxygens (including phenoxy) is 1. The number of oxime groups is 1. The zero-order chi connectivity index (χ0) is 22.6. The molecule has 32 heavy (non-hydrogen) atoms. The Kier molecular flexibility index (Phi) is 7.10. The van der Waals surface area contributed by atoms with E-state index in [1.165, 1.54) is 28.6 Å². The number of nitrogens with one attached hydrogen (secondary N) is 2. The summed E-state index contributed by atoms with van der Waals surface area (Å²) < 4.78 is 45.6. The Hall–Kier alpha value is -2.45. The highest BCUT2D eigenvalue weighted by atomic mass is 32.2. The average molecular weight is 484 g/mol. The number of halogens is 1. The second-order valence-corrected chi connectivity index (χ2v) is 10.1. The van der Waals surface area contributed by atoms with Gasteiger partial charge in [0.05, 0.1) is 24.3 Å². The first-order valence-electron chi connectivity index (χ1n) is 9.99. The number of nitrogens with zero attached hydrogens (tertiary/aromatic N) is 3. The van der Waals surface area contributed by atoms with Gasteiger partial charge in [0.1, 0.15) is 0 Å². The molecule has 1 amide bonds. The first-order valence-corrected chi connectivity index (χ1v) is 12.2. The Labute approximate surface area is 188 Å². The minimum absolute atomic E-state index is 0.0716. The van der Waals surface area contributed by atoms with Crippen LogP contribution in [-0.2, 0) is 24.4 Å². The number of anilines is 1. The van der Waals surface area contributed by atoms with Crippen LogP contribution in [0.15, 0.2) is 40.5 Å². The molecule has 0 radical (unpaired) electrons. The molecule has 0 unspecified atom stereocenters. The third kappa shape index (κ3) is 5.30. The van der Waals surface area contributed by atoms with Gasteiger partial charge in [0, 0.05) is 38.2 Å². The van der Waals surface area contributed by atoms with Crippen molar-refractivity contribution in [1.82, 2.24) is 14.6 Å². The summed E-state index contributed by atoms with van der Waals surface area (Å²) in [6.45, 7) is 2.86. The number of benzene rings is 1. The van der Waals surface area contributed by atoms with E-state index in [1.807, 2.05) is 0 Å². The van der Waals surface area contributed by atoms with E-state index in [1.54, 1.807) is 0 Å². The van der Waals surface area contributed by atoms with Crippen molar-refractivity contribution in [1.29, 1.82) is 0 Å². The number of carbonyl (C=O) groups excluding carboxylic acids is 1. The van der Waals surface area contributed by atoms with Gasteiger partial charge in [0.15, 0.2) is 22.1 Å². The minimum atomic E-state index is -3.64. The second kappa shape index (κ2) is 10.0. The number of hydrogen-bond acceptors (Lipinski definition) is 9. The molecule has 13 heteroatoms. The monoisotopic (exact) mass is 483 g/mol. The molecular formula is C19H22FN5O5S2. The summed E-state index contributed by atoms with van der Waals surface area (Å²) in [6.07, 6.45) is 1.35. The molecule has 1 aromatic carbocycles. The molecule has 2 fully saturated rings. The summed E-state index contributed by atoms with van der Waals surface area (Å²) in [5.41, 5.74) is 0.260. The van der Waals surface area contributed by atoms with Gasteiger partial charge in [-0.2, -0.15) is 8.70 Å². The average Bonchev–Trinajstić information content (AvgIpc) is 3.46. The molecule has 0 aliphatic carbocycles. The van der Waals surface area contributed by atoms with Gasteiger partial charge in [-0.25, -0.2) is 13.4 Å². The molecule has 0 spiro atoms. The van der Waals surface area contributed by atoms with Gasteiger partial charge >= 0.3 is 0 Å². The number of piperazine rings is 1. The highest BCUT2D eigenvalue weighted by Crippen LogP contribution is 2.20. The van der Waals surface area contributed by atoms with Crippen LogP contribution < -0.4 is 10.6 Å². The first-order chi connectivity index (χ1) is 15.4. The van der Waals surface area contributed by atoms with Gasteiger partial charge < -0.3 is 14.9 Å². The Morgan fingerprint density at radius 3 is 2.69 bits per heavy atom. The van der Waals surface area contributed by atoms with E-state index < -0.39 is 21.1 Å². The SMILES string of the molecule is O=C(Nc1ncc(F)s1)C(=NO[C@@H]1CCOC1)c1ccc(S(=O)(=O)N2CCNCC2)cc1. The maximum Gasteiger partial charge on any atom is 0.280 e. The fourth-order valence-corrected chi connectivity index (χ4v) is 5.22. The molecule has 4 rings (SSSR count). The molecule has 2 N–H and O–H groups in total. The van der Waals surface area contributed by atoms with Crippen LogP contribution in [0.4, 0.5) is 9.52 Å². The Morgan fingerprint density at radius 2 is 2.06 bits per heavy atom. The van der Waals surface area contributed by atoms with Crippen molar-refractivity contribution in [3.05, 3.63) is 41.2 Å². The lowest BCUT2D eigenvalue weighted by Gasteiger charge is -2.26. The van der Waals surface area contributed by atoms with Gasteiger partial charge in [-0.3, -0.25) is 10.1 Å². The van der Waals surface area contributed by atoms with Crippen LogP contribution in [0.1, 0.15) is 12.0 Å². The largest absolute Gasteiger partial charge is 0.389 e. The zero-order valence-corrected chi connectivity index (χ0v) is 18.6. The summed E-state index contributed by atoms with van der Waals surface area (Å²) in [6, 6.07) is 5.84. The van der Waals surface area contributed by atoms with Crippen LogP contribution in [-0.4, -0.2) is 74.8 Å². The third-order valence-corrected chi connectivity index (χ3v) is 7.55. The first kappa shape index (κ1) is 22.7. The number of sulfonamides is 1. The van der Waals surface area contributed by atoms with Gasteiger partial charge in [0.25, 0.3) is 5.91 Å². The predicted molar refractivity (Wildman–Crippen MR) is 116 cm³/mol. The van der Waals surface area contributed by atoms with Gasteiger partial charge in [0.2, 0.25) is 10.0 Å². The normalized spacial score (nSPS) is 20.3. The molecule has 1 atom stereocenters. The lowest BCUT2D eigenvalue weighted by molar-refractivity contribution is -0.110. The van der Waals surface area contributed by atoms with E-state index in [0.29, 0.717) is 62.7 Å². The number of rotatable bonds is 7. The summed E-state index contributed by atoms with van der Waals surface area (Å²) in [4.78, 5) is 22.2. The van der Waals surface area contributed by atoms with E-state index in [-0.39, 0.29) is 21.8 Å². The van der Waals surface area contributed by atoms with Gasteiger partial charge in [-0.1, -0.05) is 28.6 Å². The third-order valence-electron chi connectivity index (χ3n) is 4.94. The molecular weight excluding hydrogens is 461 g/mol. The van der Waals surface area contributed by atoms with Crippen molar-refractivity contribution < 1.29 is 27.2 Å². The highest BCUT2D eigenvalue weighted by Gasteiger charge is 2.27. The van der Waals surface area contributed by atoms with Crippen LogP contribution in [0.2, 0.25) is 0 Å². The van der Waals surface area contributed by atoms with E-state index >= 15 is 0 Å². The van der Waals surface area contributed by atoms with Crippen molar-refractivity contribution in [3.8, 4) is 0 Å². The lowest BCUT2D eigenvalue weighted by atomic mass is 10.1. The predicted octanol–water partition coefficient (Wildman–Crippen LogP) is 1.02. The molecule has 1 aromatic heterocycles. The van der Waals surface area contributed by atoms with Crippen LogP contribution in [0.5, 0.6) is 0 Å². The lowest BCUT2D eigenvalue weighted by Crippen LogP contribution is -2.46. The quantitative estimate of drug-likeness (QED) is 0.445. The fraction of sp³-hybridized carbons (Fsp3) is 0.421. The topological polar surface area (TPSA) is 122 Å². The number of hydrogen-bond donors (Lipinski definition) is 2. The van der Waals surface area contributed by atoms with Crippen LogP contribution >= 0.6 is 11.3 Å². The molecule has 3 heterocycles. The van der Waals surface area contributed by atoms with Crippen molar-refractivity contribution >= 4 is 38.1 Å². The summed E-state index contributed by atoms with van der Waals surface area (Å²) in [5.74, 6) is -0.657. The van der Waals surface area contributed by atoms with E-state index in [4.69, 9.17) is 9.57 Å². The maximum absolute atomic E-state index is 13.2. The summed E-state index contributed by atoms with van der Waals surface area (Å²) in [5, 5.41) is 9.13. The summed E-state index contributed by atoms with van der Waals surface area (Å²) in [7, 11) is -3.64. The number of aromatic nitrogens is 1. The highest BCUT2D eigenvalue weighted by molar-refractivity contribution is 7.89. The van der Waals surface area contributed by atoms with Crippen molar-refractivity contribution in [2.45, 2.75) is 17.4 Å². The number of carbonyl (C=O) groups is 1. The van der Waals surface area contributed by atoms with E-state index in [2.05, 4.69) is 20.8 Å². The second-order valence-electron chi connectivity index (χ2n) is 7.13. The Balaban J connectivity index is 1.56. The molecule has 0 bridgehead atoms. The minimum Gasteiger partial charge on any atom is -0.389 e. The van der Waals surface area contributed by atoms with Crippen molar-refractivity contribution in [2.75, 3.05) is 44.7 Å². The Bertz CT molecular complexity index is 1080. The van der Waals surface area contributed by atoms with Crippen molar-refractivity contribution in [2.24, 2.45) is 5.16 Å². The number of amides is 1. The van der Waals surface area contributed by atoms with E-state index in [0.717, 1.165) is 6.20 Å². The molecule has 2 aliphatic heterocycles. The Morgan fingerprint density at radius 1 is 1.31 bits per heavy atom. The smallest absolute Gasteiger partial charge is 0.280 e. The molecule has 172 valence electrons. The zero-order valence-electron chi connectivity index (χ0n) is 17.0. The molecule has 2 saturated heterocycles. The standard InChI is InChI=1S/C19H22FN5O5S2/c20-16-11-22-19(31-16)23-18(26)17(24-30-14-5-10-29-12-14)13-1-3-15(4-2-13)32(27,28)25-8-6-21-7-9-25/h1-4,11,14,21H,5-10,12H2,(H,22,23,26)/t14-/m1/s1. The van der Waals surface area contributed by atoms with Gasteiger partial charge in [-0.05, 0) is 12.1 Å². The summed E-state index contributed by atoms with van der Waals surface area (Å²) >= 11 is 0.678. The fourth-order valence-electron chi connectivity index (χ4n) is 3.24.